The maximum Gasteiger partial charge on any atom is 0.410 e. The van der Waals surface area contributed by atoms with Gasteiger partial charge in [0, 0.05) is 23.1 Å². The van der Waals surface area contributed by atoms with Crippen molar-refractivity contribution in [2.75, 3.05) is 6.54 Å². The van der Waals surface area contributed by atoms with E-state index >= 15 is 0 Å². The molecule has 31 heavy (non-hydrogen) atoms. The molecule has 3 aromatic rings. The van der Waals surface area contributed by atoms with Gasteiger partial charge in [0.25, 0.3) is 0 Å². The van der Waals surface area contributed by atoms with E-state index in [4.69, 9.17) is 10.5 Å². The number of aromatic amines is 1. The van der Waals surface area contributed by atoms with Crippen molar-refractivity contribution in [3.05, 3.63) is 71.4 Å². The molecule has 2 amide bonds. The maximum atomic E-state index is 13.4. The molecule has 162 valence electrons. The number of para-hydroxylation sites is 1. The van der Waals surface area contributed by atoms with E-state index in [1.165, 1.54) is 0 Å². The van der Waals surface area contributed by atoms with Crippen LogP contribution in [0.4, 0.5) is 4.79 Å². The molecule has 1 aliphatic heterocycles. The van der Waals surface area contributed by atoms with Crippen LogP contribution in [0.5, 0.6) is 0 Å². The van der Waals surface area contributed by atoms with Gasteiger partial charge in [0.1, 0.15) is 6.61 Å². The van der Waals surface area contributed by atoms with E-state index in [0.29, 0.717) is 13.0 Å². The Bertz CT molecular complexity index is 1110. The fourth-order valence-corrected chi connectivity index (χ4v) is 4.89. The third kappa shape index (κ3) is 3.56. The summed E-state index contributed by atoms with van der Waals surface area (Å²) >= 11 is 0. The minimum absolute atomic E-state index is 0.0107. The number of H-pyrrole nitrogens is 1. The Kier molecular flexibility index (Phi) is 5.25. The van der Waals surface area contributed by atoms with Crippen molar-refractivity contribution in [1.29, 1.82) is 0 Å². The first-order valence-corrected chi connectivity index (χ1v) is 10.6. The Labute approximate surface area is 182 Å². The lowest BCUT2D eigenvalue weighted by Gasteiger charge is -2.53. The largest absolute Gasteiger partial charge is 0.445 e. The zero-order chi connectivity index (χ0) is 22.2. The highest BCUT2D eigenvalue weighted by atomic mass is 16.6. The number of rotatable bonds is 4. The first-order valence-electron chi connectivity index (χ1n) is 10.6. The average molecular weight is 420 g/mol. The van der Waals surface area contributed by atoms with Crippen molar-refractivity contribution in [3.63, 3.8) is 0 Å². The molecule has 0 radical (unpaired) electrons. The topological polar surface area (TPSA) is 88.4 Å². The second-order valence-corrected chi connectivity index (χ2v) is 9.22. The number of hydrogen-bond donors (Lipinski definition) is 2. The zero-order valence-electron chi connectivity index (χ0n) is 18.3. The molecule has 1 aromatic heterocycles. The molecule has 0 aliphatic carbocycles. The van der Waals surface area contributed by atoms with E-state index in [-0.39, 0.29) is 13.0 Å². The third-order valence-corrected chi connectivity index (χ3v) is 6.37. The van der Waals surface area contributed by atoms with E-state index in [0.717, 1.165) is 27.7 Å². The Morgan fingerprint density at radius 3 is 2.45 bits per heavy atom. The van der Waals surface area contributed by atoms with Gasteiger partial charge in [0.2, 0.25) is 5.91 Å². The van der Waals surface area contributed by atoms with Crippen LogP contribution in [0.3, 0.4) is 0 Å². The average Bonchev–Trinajstić information content (AvgIpc) is 3.11. The van der Waals surface area contributed by atoms with E-state index in [9.17, 15) is 9.59 Å². The first kappa shape index (κ1) is 21.0. The molecule has 0 bridgehead atoms. The number of nitrogens with two attached hydrogens (primary N) is 1. The lowest BCUT2D eigenvalue weighted by Crippen LogP contribution is -2.61. The van der Waals surface area contributed by atoms with Crippen molar-refractivity contribution < 1.29 is 14.3 Å². The highest BCUT2D eigenvalue weighted by Gasteiger charge is 2.55. The summed E-state index contributed by atoms with van der Waals surface area (Å²) in [7, 11) is 0. The smallest absolute Gasteiger partial charge is 0.410 e. The van der Waals surface area contributed by atoms with Crippen molar-refractivity contribution in [2.45, 2.75) is 45.8 Å². The summed E-state index contributed by atoms with van der Waals surface area (Å²) in [6, 6.07) is 17.6. The minimum Gasteiger partial charge on any atom is -0.445 e. The molecule has 0 fully saturated rings. The number of ether oxygens (including phenoxy) is 1. The molecule has 0 saturated heterocycles. The van der Waals surface area contributed by atoms with Crippen LogP contribution >= 0.6 is 0 Å². The Hall–Kier alpha value is -3.28. The van der Waals surface area contributed by atoms with Gasteiger partial charge in [0.15, 0.2) is 0 Å². The Morgan fingerprint density at radius 2 is 1.77 bits per heavy atom. The van der Waals surface area contributed by atoms with Gasteiger partial charge in [-0.05, 0) is 29.0 Å². The summed E-state index contributed by atoms with van der Waals surface area (Å²) in [5.74, 6) is -0.456. The monoisotopic (exact) mass is 419 g/mol. The second-order valence-electron chi connectivity index (χ2n) is 9.22. The van der Waals surface area contributed by atoms with Crippen LogP contribution in [0, 0.1) is 5.41 Å². The molecule has 6 nitrogen and oxygen atoms in total. The van der Waals surface area contributed by atoms with Crippen LogP contribution in [-0.2, 0) is 28.1 Å². The number of nitrogens with one attached hydrogen (secondary N) is 1. The van der Waals surface area contributed by atoms with Crippen LogP contribution in [0.15, 0.2) is 54.6 Å². The molecule has 2 heterocycles. The molecule has 0 spiro atoms. The molecule has 0 saturated carbocycles. The van der Waals surface area contributed by atoms with Crippen LogP contribution in [0.1, 0.15) is 44.0 Å². The summed E-state index contributed by atoms with van der Waals surface area (Å²) in [5.41, 5.74) is 8.24. The number of nitrogens with zero attached hydrogens (tertiary/aromatic N) is 1. The summed E-state index contributed by atoms with van der Waals surface area (Å²) in [6.07, 6.45) is 0.247. The Balaban J connectivity index is 1.80. The Morgan fingerprint density at radius 1 is 1.10 bits per heavy atom. The normalized spacial score (nSPS) is 18.6. The van der Waals surface area contributed by atoms with Gasteiger partial charge in [0.05, 0.1) is 12.0 Å². The van der Waals surface area contributed by atoms with Gasteiger partial charge in [-0.15, -0.1) is 0 Å². The van der Waals surface area contributed by atoms with E-state index in [1.54, 1.807) is 4.90 Å². The molecular formula is C25H29N3O3. The lowest BCUT2D eigenvalue weighted by molar-refractivity contribution is -0.124. The van der Waals surface area contributed by atoms with Crippen molar-refractivity contribution in [1.82, 2.24) is 9.88 Å². The first-order chi connectivity index (χ1) is 14.7. The molecule has 1 atom stereocenters. The quantitative estimate of drug-likeness (QED) is 0.653. The number of amides is 2. The van der Waals surface area contributed by atoms with Crippen molar-refractivity contribution in [3.8, 4) is 0 Å². The van der Waals surface area contributed by atoms with Crippen LogP contribution in [0.25, 0.3) is 10.9 Å². The van der Waals surface area contributed by atoms with Crippen molar-refractivity contribution in [2.24, 2.45) is 11.1 Å². The summed E-state index contributed by atoms with van der Waals surface area (Å²) in [5, 5.41) is 1.12. The molecule has 1 aliphatic rings. The highest BCUT2D eigenvalue weighted by molar-refractivity contribution is 5.87. The van der Waals surface area contributed by atoms with Gasteiger partial charge in [-0.2, -0.15) is 0 Å². The van der Waals surface area contributed by atoms with Gasteiger partial charge in [-0.25, -0.2) is 4.79 Å². The highest BCUT2D eigenvalue weighted by Crippen LogP contribution is 2.51. The van der Waals surface area contributed by atoms with Crippen LogP contribution in [0.2, 0.25) is 0 Å². The minimum atomic E-state index is -0.945. The van der Waals surface area contributed by atoms with Crippen LogP contribution in [-0.4, -0.2) is 28.4 Å². The number of primary amides is 1. The van der Waals surface area contributed by atoms with Crippen molar-refractivity contribution >= 4 is 22.9 Å². The van der Waals surface area contributed by atoms with Gasteiger partial charge >= 0.3 is 6.09 Å². The summed E-state index contributed by atoms with van der Waals surface area (Å²) in [4.78, 5) is 30.9. The summed E-state index contributed by atoms with van der Waals surface area (Å²) in [6.45, 7) is 6.73. The second kappa shape index (κ2) is 7.76. The van der Waals surface area contributed by atoms with E-state index in [2.05, 4.69) is 11.1 Å². The number of hydrogen-bond acceptors (Lipinski definition) is 3. The predicted molar refractivity (Wildman–Crippen MR) is 120 cm³/mol. The SMILES string of the molecule is CC(C)(C)C1(CC(N)=O)c2[nH]c3ccccc3c2CCN1C(=O)OCc1ccccc1. The molecule has 6 heteroatoms. The van der Waals surface area contributed by atoms with Crippen LogP contribution < -0.4 is 5.73 Å². The number of carbonyl (C=O) groups is 2. The molecular weight excluding hydrogens is 390 g/mol. The zero-order valence-corrected chi connectivity index (χ0v) is 18.3. The van der Waals surface area contributed by atoms with Gasteiger partial charge in [-0.3, -0.25) is 9.69 Å². The fourth-order valence-electron chi connectivity index (χ4n) is 4.89. The van der Waals surface area contributed by atoms with Gasteiger partial charge in [-0.1, -0.05) is 69.3 Å². The molecule has 1 unspecified atom stereocenters. The number of fused-ring (bicyclic) bond motifs is 3. The third-order valence-electron chi connectivity index (χ3n) is 6.37. The standard InChI is InChI=1S/C25H29N3O3/c1-24(2,3)25(15-21(26)29)22-19(18-11-7-8-12-20(18)27-22)13-14-28(25)23(30)31-16-17-9-5-4-6-10-17/h4-12,27H,13-16H2,1-3H3,(H2,26,29). The predicted octanol–water partition coefficient (Wildman–Crippen LogP) is 4.48. The number of aromatic nitrogens is 1. The maximum absolute atomic E-state index is 13.4. The number of carbonyl (C=O) groups excluding carboxylic acids is 2. The van der Waals surface area contributed by atoms with E-state index in [1.807, 2.05) is 69.3 Å². The molecule has 3 N–H and O–H groups in total. The number of benzene rings is 2. The molecule has 2 aromatic carbocycles. The fraction of sp³-hybridized carbons (Fsp3) is 0.360. The lowest BCUT2D eigenvalue weighted by atomic mass is 9.65. The van der Waals surface area contributed by atoms with Gasteiger partial charge < -0.3 is 15.5 Å². The van der Waals surface area contributed by atoms with E-state index < -0.39 is 23.0 Å². The summed E-state index contributed by atoms with van der Waals surface area (Å²) < 4.78 is 5.71. The molecule has 4 rings (SSSR count).